The van der Waals surface area contributed by atoms with Crippen molar-refractivity contribution in [3.05, 3.63) is 71.0 Å². The second-order valence-electron chi connectivity index (χ2n) is 7.26. The van der Waals surface area contributed by atoms with Crippen LogP contribution in [0.5, 0.6) is 5.75 Å². The van der Waals surface area contributed by atoms with Crippen molar-refractivity contribution >= 4 is 38.6 Å². The summed E-state index contributed by atoms with van der Waals surface area (Å²) < 4.78 is 40.7. The van der Waals surface area contributed by atoms with Gasteiger partial charge in [-0.05, 0) is 55.5 Å². The van der Waals surface area contributed by atoms with Crippen LogP contribution in [0.4, 0.5) is 4.79 Å². The van der Waals surface area contributed by atoms with Crippen LogP contribution in [0.15, 0.2) is 59.6 Å². The summed E-state index contributed by atoms with van der Waals surface area (Å²) in [6.07, 6.45) is 0.777. The third-order valence-electron chi connectivity index (χ3n) is 5.13. The maximum atomic E-state index is 12.5. The minimum Gasteiger partial charge on any atom is -0.497 e. The topological polar surface area (TPSA) is 104 Å². The van der Waals surface area contributed by atoms with E-state index in [-0.39, 0.29) is 11.5 Å². The van der Waals surface area contributed by atoms with Crippen molar-refractivity contribution < 1.29 is 22.7 Å². The van der Waals surface area contributed by atoms with Crippen LogP contribution in [0.2, 0.25) is 5.02 Å². The number of carbonyl (C=O) groups excluding carboxylic acids is 1. The van der Waals surface area contributed by atoms with Crippen LogP contribution in [-0.2, 0) is 28.4 Å². The number of fused-ring (bicyclic) bond motifs is 1. The van der Waals surface area contributed by atoms with Gasteiger partial charge in [0.1, 0.15) is 18.2 Å². The first-order valence-electron chi connectivity index (χ1n) is 9.82. The number of benzene rings is 2. The third-order valence-corrected chi connectivity index (χ3v) is 6.69. The predicted octanol–water partition coefficient (Wildman–Crippen LogP) is 3.95. The molecule has 9 nitrogen and oxygen atoms in total. The summed E-state index contributed by atoms with van der Waals surface area (Å²) in [5.74, 6) is 1.19. The molecule has 0 aliphatic heterocycles. The smallest absolute Gasteiger partial charge is 0.421 e. The Hall–Kier alpha value is -3.50. The van der Waals surface area contributed by atoms with Gasteiger partial charge in [0.2, 0.25) is 0 Å². The maximum Gasteiger partial charge on any atom is 0.421 e. The summed E-state index contributed by atoms with van der Waals surface area (Å²) in [6.45, 7) is 1.61. The lowest BCUT2D eigenvalue weighted by atomic mass is 10.2. The predicted molar refractivity (Wildman–Crippen MR) is 123 cm³/mol. The largest absolute Gasteiger partial charge is 0.497 e. The molecule has 172 valence electrons. The Morgan fingerprint density at radius 2 is 1.88 bits per heavy atom. The van der Waals surface area contributed by atoms with Crippen LogP contribution < -0.4 is 9.46 Å². The van der Waals surface area contributed by atoms with Gasteiger partial charge in [0.25, 0.3) is 10.0 Å². The zero-order valence-electron chi connectivity index (χ0n) is 18.1. The number of aryl methyl sites for hydroxylation is 2. The van der Waals surface area contributed by atoms with Crippen molar-refractivity contribution in [2.24, 2.45) is 7.05 Å². The standard InChI is InChI=1S/C22H21ClN4O5S/c1-14-19(13-32-22(28)25-33(29,30)18-7-5-17(31-3)6-8-18)21(26(2)24-14)27-11-10-15-12-16(23)4-9-20(15)27/h4-12H,13H2,1-3H3,(H,25,28). The van der Waals surface area contributed by atoms with Crippen LogP contribution in [-0.4, -0.2) is 36.0 Å². The van der Waals surface area contributed by atoms with E-state index in [1.165, 1.54) is 31.4 Å². The van der Waals surface area contributed by atoms with E-state index in [2.05, 4.69) is 5.10 Å². The van der Waals surface area contributed by atoms with Gasteiger partial charge in [0, 0.05) is 23.7 Å². The Kier molecular flexibility index (Phi) is 6.05. The molecule has 33 heavy (non-hydrogen) atoms. The van der Waals surface area contributed by atoms with Crippen molar-refractivity contribution in [3.63, 3.8) is 0 Å². The number of hydrogen-bond donors (Lipinski definition) is 1. The van der Waals surface area contributed by atoms with Gasteiger partial charge < -0.3 is 14.0 Å². The van der Waals surface area contributed by atoms with E-state index in [9.17, 15) is 13.2 Å². The lowest BCUT2D eigenvalue weighted by Gasteiger charge is -2.11. The number of carbonyl (C=O) groups is 1. The molecule has 11 heteroatoms. The Bertz CT molecular complexity index is 1440. The van der Waals surface area contributed by atoms with Crippen LogP contribution in [0.25, 0.3) is 16.7 Å². The summed E-state index contributed by atoms with van der Waals surface area (Å²) in [5.41, 5.74) is 2.19. The number of hydrogen-bond acceptors (Lipinski definition) is 6. The zero-order chi connectivity index (χ0) is 23.8. The van der Waals surface area contributed by atoms with Crippen LogP contribution >= 0.6 is 11.6 Å². The second-order valence-corrected chi connectivity index (χ2v) is 9.38. The molecule has 0 aliphatic rings. The highest BCUT2D eigenvalue weighted by Gasteiger charge is 2.22. The molecule has 2 aromatic heterocycles. The molecular weight excluding hydrogens is 468 g/mol. The molecule has 1 N–H and O–H groups in total. The number of aromatic nitrogens is 3. The van der Waals surface area contributed by atoms with Gasteiger partial charge in [-0.1, -0.05) is 11.6 Å². The van der Waals surface area contributed by atoms with Crippen molar-refractivity contribution in [2.75, 3.05) is 7.11 Å². The normalized spacial score (nSPS) is 11.5. The first kappa shape index (κ1) is 22.7. The molecular formula is C22H21ClN4O5S. The molecule has 0 spiro atoms. The summed E-state index contributed by atoms with van der Waals surface area (Å²) in [6, 6.07) is 13.1. The second kappa shape index (κ2) is 8.80. The Balaban J connectivity index is 1.54. The lowest BCUT2D eigenvalue weighted by Crippen LogP contribution is -2.31. The number of rotatable bonds is 6. The zero-order valence-corrected chi connectivity index (χ0v) is 19.6. The van der Waals surface area contributed by atoms with E-state index in [0.717, 1.165) is 10.9 Å². The van der Waals surface area contributed by atoms with E-state index in [0.29, 0.717) is 27.8 Å². The molecule has 4 aromatic rings. The Morgan fingerprint density at radius 1 is 1.15 bits per heavy atom. The summed E-state index contributed by atoms with van der Waals surface area (Å²) >= 11 is 6.09. The highest BCUT2D eigenvalue weighted by Crippen LogP contribution is 2.27. The fraction of sp³-hybridized carbons (Fsp3) is 0.182. The van der Waals surface area contributed by atoms with Gasteiger partial charge in [-0.15, -0.1) is 0 Å². The van der Waals surface area contributed by atoms with E-state index >= 15 is 0 Å². The van der Waals surface area contributed by atoms with E-state index in [1.807, 2.05) is 33.7 Å². The average Bonchev–Trinajstić information content (AvgIpc) is 3.30. The highest BCUT2D eigenvalue weighted by atomic mass is 35.5. The number of nitrogens with one attached hydrogen (secondary N) is 1. The molecule has 0 bridgehead atoms. The molecule has 0 saturated heterocycles. The molecule has 1 amide bonds. The maximum absolute atomic E-state index is 12.5. The molecule has 0 atom stereocenters. The molecule has 0 unspecified atom stereocenters. The Morgan fingerprint density at radius 3 is 2.58 bits per heavy atom. The molecule has 4 rings (SSSR count). The van der Waals surface area contributed by atoms with Crippen molar-refractivity contribution in [1.82, 2.24) is 19.1 Å². The van der Waals surface area contributed by atoms with E-state index < -0.39 is 16.1 Å². The Labute approximate surface area is 195 Å². The SMILES string of the molecule is COc1ccc(S(=O)(=O)NC(=O)OCc2c(C)nn(C)c2-n2ccc3cc(Cl)ccc32)cc1. The van der Waals surface area contributed by atoms with Gasteiger partial charge >= 0.3 is 6.09 Å². The molecule has 0 aliphatic carbocycles. The highest BCUT2D eigenvalue weighted by molar-refractivity contribution is 7.90. The van der Waals surface area contributed by atoms with Crippen LogP contribution in [0, 0.1) is 6.92 Å². The van der Waals surface area contributed by atoms with E-state index in [4.69, 9.17) is 21.1 Å². The summed E-state index contributed by atoms with van der Waals surface area (Å²) in [5, 5.41) is 6.00. The van der Waals surface area contributed by atoms with Gasteiger partial charge in [0.15, 0.2) is 0 Å². The van der Waals surface area contributed by atoms with Crippen LogP contribution in [0.1, 0.15) is 11.3 Å². The van der Waals surface area contributed by atoms with Crippen molar-refractivity contribution in [1.29, 1.82) is 0 Å². The molecule has 0 fully saturated rings. The quantitative estimate of drug-likeness (QED) is 0.440. The monoisotopic (exact) mass is 488 g/mol. The summed E-state index contributed by atoms with van der Waals surface area (Å²) in [7, 11) is -0.847. The van der Waals surface area contributed by atoms with Gasteiger partial charge in [-0.2, -0.15) is 5.10 Å². The first-order valence-corrected chi connectivity index (χ1v) is 11.7. The van der Waals surface area contributed by atoms with Gasteiger partial charge in [0.05, 0.1) is 28.8 Å². The number of nitrogens with zero attached hydrogens (tertiary/aromatic N) is 3. The molecule has 0 radical (unpaired) electrons. The molecule has 0 saturated carbocycles. The summed E-state index contributed by atoms with van der Waals surface area (Å²) in [4.78, 5) is 12.2. The van der Waals surface area contributed by atoms with Crippen LogP contribution in [0.3, 0.4) is 0 Å². The number of sulfonamides is 1. The minimum absolute atomic E-state index is 0.0871. The first-order chi connectivity index (χ1) is 15.7. The van der Waals surface area contributed by atoms with Gasteiger partial charge in [-0.25, -0.2) is 17.9 Å². The minimum atomic E-state index is -4.10. The lowest BCUT2D eigenvalue weighted by molar-refractivity contribution is 0.145. The number of halogens is 1. The fourth-order valence-corrected chi connectivity index (χ4v) is 4.62. The number of methoxy groups -OCH3 is 1. The number of ether oxygens (including phenoxy) is 2. The molecule has 2 aromatic carbocycles. The number of amides is 1. The van der Waals surface area contributed by atoms with Crippen molar-refractivity contribution in [3.8, 4) is 11.6 Å². The van der Waals surface area contributed by atoms with Crippen molar-refractivity contribution in [2.45, 2.75) is 18.4 Å². The average molecular weight is 489 g/mol. The molecule has 2 heterocycles. The fourth-order valence-electron chi connectivity index (χ4n) is 3.55. The third kappa shape index (κ3) is 4.53. The van der Waals surface area contributed by atoms with E-state index in [1.54, 1.807) is 24.7 Å². The van der Waals surface area contributed by atoms with Gasteiger partial charge in [-0.3, -0.25) is 4.68 Å².